The number of hydrogen-bond donors (Lipinski definition) is 0. The number of carbonyl (C=O) groups is 1. The molecule has 0 atom stereocenters. The highest BCUT2D eigenvalue weighted by molar-refractivity contribution is 5.77. The Hall–Kier alpha value is -1.89. The molecule has 0 saturated carbocycles. The van der Waals surface area contributed by atoms with Crippen LogP contribution in [0.3, 0.4) is 0 Å². The van der Waals surface area contributed by atoms with Crippen LogP contribution >= 0.6 is 0 Å². The summed E-state index contributed by atoms with van der Waals surface area (Å²) in [6.07, 6.45) is 3.12. The summed E-state index contributed by atoms with van der Waals surface area (Å²) in [6.45, 7) is 8.23. The van der Waals surface area contributed by atoms with Crippen molar-refractivity contribution in [1.82, 2.24) is 9.80 Å². The first kappa shape index (κ1) is 19.9. The molecule has 150 valence electrons. The van der Waals surface area contributed by atoms with Crippen molar-refractivity contribution in [2.75, 3.05) is 50.8 Å². The minimum Gasteiger partial charge on any atom is -0.484 e. The van der Waals surface area contributed by atoms with Crippen LogP contribution < -0.4 is 9.64 Å². The highest BCUT2D eigenvalue weighted by Crippen LogP contribution is 2.29. The van der Waals surface area contributed by atoms with Gasteiger partial charge in [-0.05, 0) is 33.1 Å². The van der Waals surface area contributed by atoms with Gasteiger partial charge in [-0.3, -0.25) is 9.69 Å². The average molecular weight is 381 g/mol. The van der Waals surface area contributed by atoms with E-state index < -0.39 is 11.6 Å². The number of hydrogen-bond acceptors (Lipinski definition) is 4. The SMILES string of the molecule is CC(C)N1CCN(c2c(F)cc(OCC(=O)N3CCCCC3)cc2F)CC1. The van der Waals surface area contributed by atoms with Gasteiger partial charge >= 0.3 is 0 Å². The highest BCUT2D eigenvalue weighted by Gasteiger charge is 2.24. The molecule has 0 aromatic heterocycles. The topological polar surface area (TPSA) is 36.0 Å². The van der Waals surface area contributed by atoms with Crippen LogP contribution in [0.1, 0.15) is 33.1 Å². The van der Waals surface area contributed by atoms with Crippen molar-refractivity contribution in [2.24, 2.45) is 0 Å². The van der Waals surface area contributed by atoms with E-state index in [1.165, 1.54) is 12.1 Å². The van der Waals surface area contributed by atoms with E-state index >= 15 is 0 Å². The largest absolute Gasteiger partial charge is 0.484 e. The molecule has 7 heteroatoms. The summed E-state index contributed by atoms with van der Waals surface area (Å²) in [5.41, 5.74) is -0.00638. The minimum absolute atomic E-state index is 0.00638. The lowest BCUT2D eigenvalue weighted by molar-refractivity contribution is -0.134. The van der Waals surface area contributed by atoms with Crippen molar-refractivity contribution >= 4 is 11.6 Å². The second-order valence-corrected chi connectivity index (χ2v) is 7.58. The second-order valence-electron chi connectivity index (χ2n) is 7.58. The maximum Gasteiger partial charge on any atom is 0.260 e. The van der Waals surface area contributed by atoms with Gasteiger partial charge in [0.25, 0.3) is 5.91 Å². The third-order valence-corrected chi connectivity index (χ3v) is 5.42. The van der Waals surface area contributed by atoms with Crippen LogP contribution in [0.4, 0.5) is 14.5 Å². The van der Waals surface area contributed by atoms with E-state index in [0.717, 1.165) is 45.4 Å². The summed E-state index contributed by atoms with van der Waals surface area (Å²) >= 11 is 0. The van der Waals surface area contributed by atoms with Crippen LogP contribution in [-0.4, -0.2) is 67.6 Å². The van der Waals surface area contributed by atoms with E-state index in [1.54, 1.807) is 9.80 Å². The molecule has 5 nitrogen and oxygen atoms in total. The molecule has 2 fully saturated rings. The van der Waals surface area contributed by atoms with Crippen LogP contribution in [0.2, 0.25) is 0 Å². The van der Waals surface area contributed by atoms with E-state index in [4.69, 9.17) is 4.74 Å². The van der Waals surface area contributed by atoms with Crippen LogP contribution in [0.5, 0.6) is 5.75 Å². The van der Waals surface area contributed by atoms with Crippen LogP contribution in [0.15, 0.2) is 12.1 Å². The number of carbonyl (C=O) groups excluding carboxylic acids is 1. The van der Waals surface area contributed by atoms with Gasteiger partial charge in [0, 0.05) is 57.4 Å². The van der Waals surface area contributed by atoms with Gasteiger partial charge in [0.05, 0.1) is 0 Å². The van der Waals surface area contributed by atoms with Crippen molar-refractivity contribution in [3.63, 3.8) is 0 Å². The zero-order chi connectivity index (χ0) is 19.4. The smallest absolute Gasteiger partial charge is 0.260 e. The molecule has 2 aliphatic rings. The lowest BCUT2D eigenvalue weighted by Crippen LogP contribution is -2.49. The first-order chi connectivity index (χ1) is 13.0. The second kappa shape index (κ2) is 8.87. The molecule has 1 aromatic rings. The van der Waals surface area contributed by atoms with Gasteiger partial charge in [-0.15, -0.1) is 0 Å². The summed E-state index contributed by atoms with van der Waals surface area (Å²) in [6, 6.07) is 2.78. The molecule has 3 rings (SSSR count). The molecule has 0 bridgehead atoms. The Morgan fingerprint density at radius 3 is 2.15 bits per heavy atom. The third kappa shape index (κ3) is 4.89. The van der Waals surface area contributed by atoms with E-state index in [-0.39, 0.29) is 24.0 Å². The number of likely N-dealkylation sites (tertiary alicyclic amines) is 1. The monoisotopic (exact) mass is 381 g/mol. The maximum absolute atomic E-state index is 14.6. The summed E-state index contributed by atoms with van der Waals surface area (Å²) in [5, 5.41) is 0. The first-order valence-corrected chi connectivity index (χ1v) is 9.84. The van der Waals surface area contributed by atoms with Gasteiger partial charge in [0.1, 0.15) is 11.4 Å². The maximum atomic E-state index is 14.6. The normalized spacial score (nSPS) is 18.9. The molecule has 0 N–H and O–H groups in total. The molecular formula is C20H29F2N3O2. The molecule has 0 aliphatic carbocycles. The van der Waals surface area contributed by atoms with Crippen molar-refractivity contribution in [3.05, 3.63) is 23.8 Å². The van der Waals surface area contributed by atoms with Gasteiger partial charge in [-0.2, -0.15) is 0 Å². The number of piperidine rings is 1. The Labute approximate surface area is 159 Å². The van der Waals surface area contributed by atoms with E-state index in [9.17, 15) is 13.6 Å². The number of nitrogens with zero attached hydrogens (tertiary/aromatic N) is 3. The molecule has 0 spiro atoms. The number of rotatable bonds is 5. The minimum atomic E-state index is -0.645. The average Bonchev–Trinajstić information content (AvgIpc) is 2.66. The summed E-state index contributed by atoms with van der Waals surface area (Å²) in [5.74, 6) is -1.37. The highest BCUT2D eigenvalue weighted by atomic mass is 19.1. The van der Waals surface area contributed by atoms with E-state index in [0.29, 0.717) is 19.1 Å². The molecular weight excluding hydrogens is 352 g/mol. The van der Waals surface area contributed by atoms with Crippen LogP contribution in [-0.2, 0) is 4.79 Å². The Morgan fingerprint density at radius 2 is 1.59 bits per heavy atom. The Kier molecular flexibility index (Phi) is 6.52. The third-order valence-electron chi connectivity index (χ3n) is 5.42. The zero-order valence-electron chi connectivity index (χ0n) is 16.2. The van der Waals surface area contributed by atoms with Gasteiger partial charge in [-0.25, -0.2) is 8.78 Å². The number of ether oxygens (including phenoxy) is 1. The number of anilines is 1. The van der Waals surface area contributed by atoms with Crippen molar-refractivity contribution in [2.45, 2.75) is 39.2 Å². The Morgan fingerprint density at radius 1 is 1.00 bits per heavy atom. The molecule has 27 heavy (non-hydrogen) atoms. The summed E-state index contributed by atoms with van der Waals surface area (Å²) in [7, 11) is 0. The molecule has 0 radical (unpaired) electrons. The number of piperazine rings is 1. The summed E-state index contributed by atoms with van der Waals surface area (Å²) in [4.78, 5) is 17.9. The van der Waals surface area contributed by atoms with Crippen molar-refractivity contribution < 1.29 is 18.3 Å². The van der Waals surface area contributed by atoms with Crippen molar-refractivity contribution in [3.8, 4) is 5.75 Å². The predicted molar refractivity (Wildman–Crippen MR) is 101 cm³/mol. The van der Waals surface area contributed by atoms with Gasteiger partial charge < -0.3 is 14.5 Å². The number of halogens is 2. The quantitative estimate of drug-likeness (QED) is 0.786. The van der Waals surface area contributed by atoms with Crippen molar-refractivity contribution in [1.29, 1.82) is 0 Å². The Balaban J connectivity index is 1.60. The first-order valence-electron chi connectivity index (χ1n) is 9.84. The zero-order valence-corrected chi connectivity index (χ0v) is 16.2. The Bertz CT molecular complexity index is 632. The summed E-state index contributed by atoms with van der Waals surface area (Å²) < 4.78 is 34.5. The fourth-order valence-electron chi connectivity index (χ4n) is 3.77. The van der Waals surface area contributed by atoms with Gasteiger partial charge in [0.15, 0.2) is 18.2 Å². The number of amides is 1. The lowest BCUT2D eigenvalue weighted by atomic mass is 10.1. The van der Waals surface area contributed by atoms with E-state index in [1.807, 2.05) is 0 Å². The fraction of sp³-hybridized carbons (Fsp3) is 0.650. The van der Waals surface area contributed by atoms with Crippen LogP contribution in [0.25, 0.3) is 0 Å². The van der Waals surface area contributed by atoms with Gasteiger partial charge in [-0.1, -0.05) is 0 Å². The van der Waals surface area contributed by atoms with Crippen LogP contribution in [0, 0.1) is 11.6 Å². The lowest BCUT2D eigenvalue weighted by Gasteiger charge is -2.38. The molecule has 2 aliphatic heterocycles. The van der Waals surface area contributed by atoms with E-state index in [2.05, 4.69) is 18.7 Å². The molecule has 2 heterocycles. The molecule has 1 aromatic carbocycles. The fourth-order valence-corrected chi connectivity index (χ4v) is 3.77. The van der Waals surface area contributed by atoms with Gasteiger partial charge in [0.2, 0.25) is 0 Å². The molecule has 0 unspecified atom stereocenters. The predicted octanol–water partition coefficient (Wildman–Crippen LogP) is 2.89. The molecule has 2 saturated heterocycles. The standard InChI is InChI=1S/C20H29F2N3O2/c1-15(2)23-8-10-25(11-9-23)20-17(21)12-16(13-18(20)22)27-14-19(26)24-6-4-3-5-7-24/h12-13,15H,3-11,14H2,1-2H3. The molecule has 1 amide bonds. The number of benzene rings is 1.